The Kier molecular flexibility index (Phi) is 8.85. The van der Waals surface area contributed by atoms with Gasteiger partial charge < -0.3 is 10.1 Å². The van der Waals surface area contributed by atoms with E-state index in [0.717, 1.165) is 15.4 Å². The molecule has 0 aliphatic carbocycles. The number of sulfonamides is 2. The number of anilines is 2. The Hall–Kier alpha value is -3.12. The fourth-order valence-electron chi connectivity index (χ4n) is 3.57. The Morgan fingerprint density at radius 3 is 2.14 bits per heavy atom. The Labute approximate surface area is 222 Å². The number of benzene rings is 3. The molecule has 2 N–H and O–H groups in total. The highest BCUT2D eigenvalue weighted by Gasteiger charge is 2.26. The van der Waals surface area contributed by atoms with Gasteiger partial charge in [-0.1, -0.05) is 29.8 Å². The van der Waals surface area contributed by atoms with Crippen molar-refractivity contribution in [1.82, 2.24) is 4.72 Å². The van der Waals surface area contributed by atoms with E-state index in [4.69, 9.17) is 16.3 Å². The number of rotatable bonds is 10. The summed E-state index contributed by atoms with van der Waals surface area (Å²) in [5, 5.41) is 3.18. The maximum Gasteiger partial charge on any atom is 0.264 e. The lowest BCUT2D eigenvalue weighted by atomic mass is 10.1. The first-order valence-electron chi connectivity index (χ1n) is 11.1. The number of carbonyl (C=O) groups is 1. The van der Waals surface area contributed by atoms with Crippen LogP contribution in [0.3, 0.4) is 0 Å². The molecule has 198 valence electrons. The highest BCUT2D eigenvalue weighted by Crippen LogP contribution is 2.33. The Morgan fingerprint density at radius 2 is 1.54 bits per heavy atom. The third-order valence-electron chi connectivity index (χ3n) is 5.66. The number of para-hydroxylation sites is 1. The van der Waals surface area contributed by atoms with E-state index in [9.17, 15) is 21.6 Å². The average Bonchev–Trinajstić information content (AvgIpc) is 2.85. The van der Waals surface area contributed by atoms with Gasteiger partial charge in [0.2, 0.25) is 15.9 Å². The van der Waals surface area contributed by atoms with Crippen molar-refractivity contribution in [3.63, 3.8) is 0 Å². The third kappa shape index (κ3) is 6.61. The van der Waals surface area contributed by atoms with Gasteiger partial charge in [0, 0.05) is 30.7 Å². The molecule has 0 saturated heterocycles. The van der Waals surface area contributed by atoms with Crippen LogP contribution in [0.4, 0.5) is 11.4 Å². The van der Waals surface area contributed by atoms with Crippen LogP contribution in [-0.2, 0) is 24.8 Å². The van der Waals surface area contributed by atoms with Crippen molar-refractivity contribution in [1.29, 1.82) is 0 Å². The normalized spacial score (nSPS) is 11.7. The Balaban J connectivity index is 1.77. The molecule has 3 aromatic carbocycles. The zero-order chi connectivity index (χ0) is 27.4. The molecule has 0 saturated carbocycles. The number of nitrogens with one attached hydrogen (secondary N) is 2. The molecule has 0 fully saturated rings. The number of nitrogens with zero attached hydrogens (tertiary/aromatic N) is 1. The first-order valence-corrected chi connectivity index (χ1v) is 14.4. The van der Waals surface area contributed by atoms with E-state index in [2.05, 4.69) is 10.0 Å². The minimum absolute atomic E-state index is 0.0214. The first-order chi connectivity index (χ1) is 17.4. The topological polar surface area (TPSA) is 122 Å². The molecule has 1 amide bonds. The van der Waals surface area contributed by atoms with Gasteiger partial charge in [0.15, 0.2) is 0 Å². The van der Waals surface area contributed by atoms with E-state index < -0.39 is 20.0 Å². The third-order valence-corrected chi connectivity index (χ3v) is 9.16. The second-order valence-corrected chi connectivity index (χ2v) is 12.4. The fourth-order valence-corrected chi connectivity index (χ4v) is 5.95. The SMILES string of the molecule is COc1ccc(S(=O)(=O)NCCC(=O)Nc2c(C)cccc2C)cc1N(C)S(=O)(=O)c1ccc(Cl)cc1. The first kappa shape index (κ1) is 28.5. The molecule has 3 aromatic rings. The van der Waals surface area contributed by atoms with Gasteiger partial charge in [-0.3, -0.25) is 9.10 Å². The minimum atomic E-state index is -4.07. The summed E-state index contributed by atoms with van der Waals surface area (Å²) >= 11 is 5.87. The molecule has 0 spiro atoms. The van der Waals surface area contributed by atoms with Crippen LogP contribution in [-0.4, -0.2) is 43.4 Å². The van der Waals surface area contributed by atoms with Crippen LogP contribution in [0.1, 0.15) is 17.5 Å². The van der Waals surface area contributed by atoms with E-state index >= 15 is 0 Å². The predicted octanol–water partition coefficient (Wildman–Crippen LogP) is 4.10. The molecule has 0 aromatic heterocycles. The van der Waals surface area contributed by atoms with Gasteiger partial charge in [0.25, 0.3) is 10.0 Å². The predicted molar refractivity (Wildman–Crippen MR) is 144 cm³/mol. The van der Waals surface area contributed by atoms with E-state index in [1.54, 1.807) is 0 Å². The quantitative estimate of drug-likeness (QED) is 0.382. The molecule has 12 heteroatoms. The van der Waals surface area contributed by atoms with Crippen molar-refractivity contribution in [2.24, 2.45) is 0 Å². The van der Waals surface area contributed by atoms with Crippen molar-refractivity contribution in [3.8, 4) is 5.75 Å². The van der Waals surface area contributed by atoms with Gasteiger partial charge in [0.1, 0.15) is 5.75 Å². The summed E-state index contributed by atoms with van der Waals surface area (Å²) < 4.78 is 60.8. The lowest BCUT2D eigenvalue weighted by Gasteiger charge is -2.22. The summed E-state index contributed by atoms with van der Waals surface area (Å²) in [7, 11) is -5.46. The average molecular weight is 566 g/mol. The molecule has 9 nitrogen and oxygen atoms in total. The summed E-state index contributed by atoms with van der Waals surface area (Å²) in [6, 6.07) is 15.1. The summed E-state index contributed by atoms with van der Waals surface area (Å²) in [6.45, 7) is 3.59. The second kappa shape index (κ2) is 11.5. The van der Waals surface area contributed by atoms with Crippen LogP contribution in [0.15, 0.2) is 70.5 Å². The molecule has 0 atom stereocenters. The van der Waals surface area contributed by atoms with E-state index in [0.29, 0.717) is 10.7 Å². The number of ether oxygens (including phenoxy) is 1. The molecule has 0 radical (unpaired) electrons. The van der Waals surface area contributed by atoms with Crippen LogP contribution in [0.25, 0.3) is 0 Å². The number of halogens is 1. The van der Waals surface area contributed by atoms with Crippen LogP contribution in [0, 0.1) is 13.8 Å². The van der Waals surface area contributed by atoms with Gasteiger partial charge in [-0.2, -0.15) is 0 Å². The maximum absolute atomic E-state index is 13.1. The summed E-state index contributed by atoms with van der Waals surface area (Å²) in [6.07, 6.45) is -0.0964. The fraction of sp³-hybridized carbons (Fsp3) is 0.240. The monoisotopic (exact) mass is 565 g/mol. The lowest BCUT2D eigenvalue weighted by Crippen LogP contribution is -2.29. The van der Waals surface area contributed by atoms with E-state index in [-0.39, 0.29) is 40.1 Å². The summed E-state index contributed by atoms with van der Waals surface area (Å²) in [4.78, 5) is 12.2. The van der Waals surface area contributed by atoms with Crippen molar-refractivity contribution >= 4 is 48.9 Å². The molecule has 3 rings (SSSR count). The Bertz CT molecular complexity index is 1490. The zero-order valence-electron chi connectivity index (χ0n) is 20.8. The molecular weight excluding hydrogens is 538 g/mol. The lowest BCUT2D eigenvalue weighted by molar-refractivity contribution is -0.116. The van der Waals surface area contributed by atoms with Gasteiger partial charge in [-0.05, 0) is 67.4 Å². The summed E-state index contributed by atoms with van der Waals surface area (Å²) in [5.41, 5.74) is 2.52. The van der Waals surface area contributed by atoms with Crippen molar-refractivity contribution in [2.45, 2.75) is 30.1 Å². The van der Waals surface area contributed by atoms with Gasteiger partial charge in [0.05, 0.1) is 22.6 Å². The number of amides is 1. The number of hydrogen-bond acceptors (Lipinski definition) is 6. The van der Waals surface area contributed by atoms with Gasteiger partial charge in [-0.15, -0.1) is 0 Å². The standard InChI is InChI=1S/C25H28ClN3O6S2/c1-17-6-5-7-18(2)25(17)28-24(30)14-15-27-36(31,32)21-12-13-23(35-4)22(16-21)29(3)37(33,34)20-10-8-19(26)9-11-20/h5-13,16,27H,14-15H2,1-4H3,(H,28,30). The van der Waals surface area contributed by atoms with Gasteiger partial charge >= 0.3 is 0 Å². The second-order valence-electron chi connectivity index (χ2n) is 8.22. The molecule has 0 heterocycles. The van der Waals surface area contributed by atoms with Crippen molar-refractivity contribution in [3.05, 3.63) is 76.8 Å². The maximum atomic E-state index is 13.1. The van der Waals surface area contributed by atoms with E-state index in [1.165, 1.54) is 56.6 Å². The highest BCUT2D eigenvalue weighted by molar-refractivity contribution is 7.92. The molecule has 0 unspecified atom stereocenters. The number of methoxy groups -OCH3 is 1. The van der Waals surface area contributed by atoms with E-state index in [1.807, 2.05) is 32.0 Å². The number of aryl methyl sites for hydroxylation is 2. The van der Waals surface area contributed by atoms with Crippen LogP contribution >= 0.6 is 11.6 Å². The highest BCUT2D eigenvalue weighted by atomic mass is 35.5. The Morgan fingerprint density at radius 1 is 0.946 bits per heavy atom. The van der Waals surface area contributed by atoms with Crippen molar-refractivity contribution < 1.29 is 26.4 Å². The molecule has 37 heavy (non-hydrogen) atoms. The largest absolute Gasteiger partial charge is 0.495 e. The van der Waals surface area contributed by atoms with Crippen LogP contribution < -0.4 is 19.1 Å². The van der Waals surface area contributed by atoms with Gasteiger partial charge in [-0.25, -0.2) is 21.6 Å². The number of hydrogen-bond donors (Lipinski definition) is 2. The van der Waals surface area contributed by atoms with Crippen LogP contribution in [0.2, 0.25) is 5.02 Å². The number of carbonyl (C=O) groups excluding carboxylic acids is 1. The zero-order valence-corrected chi connectivity index (χ0v) is 23.2. The minimum Gasteiger partial charge on any atom is -0.495 e. The smallest absolute Gasteiger partial charge is 0.264 e. The molecule has 0 aliphatic rings. The van der Waals surface area contributed by atoms with Crippen LogP contribution in [0.5, 0.6) is 5.75 Å². The molecule has 0 bridgehead atoms. The summed E-state index contributed by atoms with van der Waals surface area (Å²) in [5.74, 6) is -0.184. The molecule has 0 aliphatic heterocycles. The van der Waals surface area contributed by atoms with Crippen molar-refractivity contribution in [2.75, 3.05) is 30.3 Å². The molecular formula is C25H28ClN3O6S2.